The van der Waals surface area contributed by atoms with Crippen LogP contribution in [-0.2, 0) is 10.2 Å². The van der Waals surface area contributed by atoms with Crippen LogP contribution in [0.3, 0.4) is 0 Å². The predicted octanol–water partition coefficient (Wildman–Crippen LogP) is 5.87. The summed E-state index contributed by atoms with van der Waals surface area (Å²) in [4.78, 5) is 25.0. The molecule has 0 saturated heterocycles. The summed E-state index contributed by atoms with van der Waals surface area (Å²) in [5, 5.41) is 22.2. The number of Topliss-reactive ketones (excluding diaryl/α,β-unsaturated/α-hetero) is 1. The van der Waals surface area contributed by atoms with Crippen molar-refractivity contribution in [1.82, 2.24) is 0 Å². The van der Waals surface area contributed by atoms with E-state index in [1.165, 1.54) is 24.3 Å². The van der Waals surface area contributed by atoms with Gasteiger partial charge in [-0.15, -0.1) is 0 Å². The molecule has 34 heavy (non-hydrogen) atoms. The molecule has 0 aliphatic rings. The van der Waals surface area contributed by atoms with E-state index in [-0.39, 0.29) is 11.5 Å². The molecule has 0 saturated carbocycles. The second-order valence-corrected chi connectivity index (χ2v) is 8.29. The zero-order valence-electron chi connectivity index (χ0n) is 18.7. The van der Waals surface area contributed by atoms with Crippen molar-refractivity contribution in [2.24, 2.45) is 5.92 Å². The molecule has 0 bridgehead atoms. The van der Waals surface area contributed by atoms with Gasteiger partial charge in [-0.05, 0) is 34.4 Å². The van der Waals surface area contributed by atoms with Crippen molar-refractivity contribution in [2.45, 2.75) is 18.4 Å². The molecule has 0 aliphatic heterocycles. The zero-order valence-corrected chi connectivity index (χ0v) is 18.7. The molecule has 0 aliphatic carbocycles. The molecule has 0 unspecified atom stereocenters. The van der Waals surface area contributed by atoms with E-state index in [4.69, 9.17) is 0 Å². The van der Waals surface area contributed by atoms with E-state index in [2.05, 4.69) is 0 Å². The molecular weight excluding hydrogens is 426 g/mol. The summed E-state index contributed by atoms with van der Waals surface area (Å²) in [6.07, 6.45) is -1.14. The van der Waals surface area contributed by atoms with E-state index in [0.717, 1.165) is 16.7 Å². The first-order valence-corrected chi connectivity index (χ1v) is 11.1. The van der Waals surface area contributed by atoms with Crippen molar-refractivity contribution in [3.05, 3.63) is 148 Å². The molecule has 4 aromatic rings. The zero-order chi connectivity index (χ0) is 24.1. The SMILES string of the molecule is C[C@@H](C(=O)C(c1ccccc1)(c1ccccc1)c1ccccc1)[C@H](O)c1ccc([N+](=O)[O-])cc1. The summed E-state index contributed by atoms with van der Waals surface area (Å²) in [7, 11) is 0. The number of rotatable bonds is 8. The number of nitro groups is 1. The van der Waals surface area contributed by atoms with E-state index >= 15 is 0 Å². The number of nitro benzene ring substituents is 1. The number of hydrogen-bond donors (Lipinski definition) is 1. The number of non-ortho nitro benzene ring substituents is 1. The topological polar surface area (TPSA) is 80.4 Å². The monoisotopic (exact) mass is 451 g/mol. The lowest BCUT2D eigenvalue weighted by molar-refractivity contribution is -0.384. The maximum absolute atomic E-state index is 14.5. The Bertz CT molecular complexity index is 1160. The molecule has 0 spiro atoms. The Balaban J connectivity index is 1.88. The Kier molecular flexibility index (Phi) is 6.66. The van der Waals surface area contributed by atoms with E-state index in [9.17, 15) is 20.0 Å². The first kappa shape index (κ1) is 23.1. The summed E-state index contributed by atoms with van der Waals surface area (Å²) < 4.78 is 0. The van der Waals surface area contributed by atoms with Gasteiger partial charge in [0.2, 0.25) is 0 Å². The molecule has 2 atom stereocenters. The predicted molar refractivity (Wildman–Crippen MR) is 131 cm³/mol. The Labute approximate surface area is 198 Å². The molecule has 0 heterocycles. The quantitative estimate of drug-likeness (QED) is 0.206. The van der Waals surface area contributed by atoms with E-state index in [0.29, 0.717) is 5.56 Å². The first-order valence-electron chi connectivity index (χ1n) is 11.1. The number of ketones is 1. The molecule has 5 nitrogen and oxygen atoms in total. The number of aliphatic hydroxyl groups excluding tert-OH is 1. The molecule has 4 rings (SSSR count). The minimum atomic E-state index is -1.15. The highest BCUT2D eigenvalue weighted by molar-refractivity contribution is 5.99. The number of benzene rings is 4. The normalized spacial score (nSPS) is 13.1. The fourth-order valence-electron chi connectivity index (χ4n) is 4.56. The molecule has 170 valence electrons. The second kappa shape index (κ2) is 9.81. The van der Waals surface area contributed by atoms with Gasteiger partial charge >= 0.3 is 0 Å². The summed E-state index contributed by atoms with van der Waals surface area (Å²) >= 11 is 0. The van der Waals surface area contributed by atoms with Crippen LogP contribution in [-0.4, -0.2) is 15.8 Å². The van der Waals surface area contributed by atoms with E-state index in [1.54, 1.807) is 6.92 Å². The van der Waals surface area contributed by atoms with Crippen LogP contribution in [0.15, 0.2) is 115 Å². The fourth-order valence-corrected chi connectivity index (χ4v) is 4.56. The van der Waals surface area contributed by atoms with Crippen LogP contribution < -0.4 is 0 Å². The molecule has 0 aromatic heterocycles. The maximum Gasteiger partial charge on any atom is 0.269 e. The average Bonchev–Trinajstić information content (AvgIpc) is 2.90. The third-order valence-corrected chi connectivity index (χ3v) is 6.32. The molecule has 0 fully saturated rings. The van der Waals surface area contributed by atoms with Gasteiger partial charge < -0.3 is 5.11 Å². The van der Waals surface area contributed by atoms with E-state index in [1.807, 2.05) is 91.0 Å². The molecule has 5 heteroatoms. The lowest BCUT2D eigenvalue weighted by Gasteiger charge is -2.37. The highest BCUT2D eigenvalue weighted by atomic mass is 16.6. The van der Waals surface area contributed by atoms with Gasteiger partial charge in [0.1, 0.15) is 5.41 Å². The Morgan fingerprint density at radius 1 is 0.735 bits per heavy atom. The molecule has 1 N–H and O–H groups in total. The highest BCUT2D eigenvalue weighted by Crippen LogP contribution is 2.43. The molecular formula is C29H25NO4. The summed E-state index contributed by atoms with van der Waals surface area (Å²) in [5.74, 6) is -0.968. The molecule has 0 amide bonds. The van der Waals surface area contributed by atoms with Crippen LogP contribution in [0, 0.1) is 16.0 Å². The minimum Gasteiger partial charge on any atom is -0.388 e. The Hall–Kier alpha value is -4.09. The highest BCUT2D eigenvalue weighted by Gasteiger charge is 2.46. The van der Waals surface area contributed by atoms with Gasteiger partial charge in [-0.1, -0.05) is 97.9 Å². The van der Waals surface area contributed by atoms with Crippen LogP contribution in [0.5, 0.6) is 0 Å². The second-order valence-electron chi connectivity index (χ2n) is 8.29. The number of aliphatic hydroxyl groups is 1. The minimum absolute atomic E-state index is 0.0675. The fraction of sp³-hybridized carbons (Fsp3) is 0.138. The summed E-state index contributed by atoms with van der Waals surface area (Å²) in [5.41, 5.74) is 1.66. The van der Waals surface area contributed by atoms with Gasteiger partial charge in [0.05, 0.1) is 11.0 Å². The average molecular weight is 452 g/mol. The van der Waals surface area contributed by atoms with Gasteiger partial charge in [0.25, 0.3) is 5.69 Å². The van der Waals surface area contributed by atoms with Gasteiger partial charge in [0, 0.05) is 18.1 Å². The van der Waals surface area contributed by atoms with Gasteiger partial charge in [-0.2, -0.15) is 0 Å². The number of hydrogen-bond acceptors (Lipinski definition) is 4. The van der Waals surface area contributed by atoms with Gasteiger partial charge in [-0.3, -0.25) is 14.9 Å². The largest absolute Gasteiger partial charge is 0.388 e. The van der Waals surface area contributed by atoms with E-state index < -0.39 is 22.4 Å². The van der Waals surface area contributed by atoms with Crippen LogP contribution in [0.1, 0.15) is 35.3 Å². The number of carbonyl (C=O) groups is 1. The standard InChI is InChI=1S/C29H25NO4/c1-21(27(31)22-17-19-26(20-18-22)30(33)34)28(32)29(23-11-5-2-6-12-23,24-13-7-3-8-14-24)25-15-9-4-10-16-25/h2-21,27,31H,1H3/t21-,27+/m1/s1. The molecule has 0 radical (unpaired) electrons. The lowest BCUT2D eigenvalue weighted by Crippen LogP contribution is -2.43. The smallest absolute Gasteiger partial charge is 0.269 e. The third kappa shape index (κ3) is 4.14. The van der Waals surface area contributed by atoms with Gasteiger partial charge in [-0.25, -0.2) is 0 Å². The van der Waals surface area contributed by atoms with Crippen LogP contribution >= 0.6 is 0 Å². The Morgan fingerprint density at radius 2 is 1.12 bits per heavy atom. The van der Waals surface area contributed by atoms with Crippen molar-refractivity contribution in [2.75, 3.05) is 0 Å². The Morgan fingerprint density at radius 3 is 1.47 bits per heavy atom. The maximum atomic E-state index is 14.5. The molecule has 4 aromatic carbocycles. The lowest BCUT2D eigenvalue weighted by atomic mass is 9.63. The summed E-state index contributed by atoms with van der Waals surface area (Å²) in [6.45, 7) is 1.71. The van der Waals surface area contributed by atoms with Crippen molar-refractivity contribution in [1.29, 1.82) is 0 Å². The van der Waals surface area contributed by atoms with Crippen molar-refractivity contribution in [3.8, 4) is 0 Å². The van der Waals surface area contributed by atoms with Gasteiger partial charge in [0.15, 0.2) is 5.78 Å². The first-order chi connectivity index (χ1) is 16.5. The van der Waals surface area contributed by atoms with Crippen LogP contribution in [0.2, 0.25) is 0 Å². The van der Waals surface area contributed by atoms with Crippen molar-refractivity contribution < 1.29 is 14.8 Å². The number of carbonyl (C=O) groups excluding carboxylic acids is 1. The van der Waals surface area contributed by atoms with Crippen molar-refractivity contribution in [3.63, 3.8) is 0 Å². The van der Waals surface area contributed by atoms with Crippen LogP contribution in [0.4, 0.5) is 5.69 Å². The van der Waals surface area contributed by atoms with Crippen LogP contribution in [0.25, 0.3) is 0 Å². The van der Waals surface area contributed by atoms with Crippen molar-refractivity contribution >= 4 is 11.5 Å². The summed E-state index contributed by atoms with van der Waals surface area (Å²) in [6, 6.07) is 34.4. The third-order valence-electron chi connectivity index (χ3n) is 6.32. The number of nitrogens with zero attached hydrogens (tertiary/aromatic N) is 1.